The molecule has 0 amide bonds. The van der Waals surface area contributed by atoms with Gasteiger partial charge in [0, 0.05) is 11.1 Å². The maximum absolute atomic E-state index is 5.12. The lowest BCUT2D eigenvalue weighted by atomic mass is 10.4. The number of thioether (sulfide) groups is 1. The SMILES string of the molecule is S=c1[nH]c(CSc2ccccc2)ncc1Br. The predicted molar refractivity (Wildman–Crippen MR) is 73.1 cm³/mol. The van der Waals surface area contributed by atoms with Crippen LogP contribution in [0.25, 0.3) is 0 Å². The zero-order valence-corrected chi connectivity index (χ0v) is 11.5. The van der Waals surface area contributed by atoms with Gasteiger partial charge in [-0.2, -0.15) is 0 Å². The van der Waals surface area contributed by atoms with Crippen LogP contribution in [0, 0.1) is 4.64 Å². The molecule has 82 valence electrons. The second-order valence-electron chi connectivity index (χ2n) is 3.11. The summed E-state index contributed by atoms with van der Waals surface area (Å²) in [7, 11) is 0. The van der Waals surface area contributed by atoms with Crippen LogP contribution in [-0.4, -0.2) is 9.97 Å². The van der Waals surface area contributed by atoms with Crippen LogP contribution in [-0.2, 0) is 5.75 Å². The summed E-state index contributed by atoms with van der Waals surface area (Å²) in [6.07, 6.45) is 1.74. The Balaban J connectivity index is 2.05. The molecule has 0 bridgehead atoms. The van der Waals surface area contributed by atoms with Crippen LogP contribution in [0.4, 0.5) is 0 Å². The average molecular weight is 313 g/mol. The van der Waals surface area contributed by atoms with E-state index in [0.29, 0.717) is 4.64 Å². The summed E-state index contributed by atoms with van der Waals surface area (Å²) in [5.74, 6) is 1.68. The van der Waals surface area contributed by atoms with Gasteiger partial charge in [-0.25, -0.2) is 4.98 Å². The van der Waals surface area contributed by atoms with E-state index in [1.807, 2.05) is 18.2 Å². The van der Waals surface area contributed by atoms with E-state index in [0.717, 1.165) is 16.0 Å². The van der Waals surface area contributed by atoms with E-state index in [-0.39, 0.29) is 0 Å². The molecule has 16 heavy (non-hydrogen) atoms. The first-order chi connectivity index (χ1) is 7.75. The topological polar surface area (TPSA) is 28.7 Å². The summed E-state index contributed by atoms with van der Waals surface area (Å²) in [4.78, 5) is 8.57. The molecular formula is C11H9BrN2S2. The molecule has 1 heterocycles. The van der Waals surface area contributed by atoms with Crippen molar-refractivity contribution in [3.05, 3.63) is 51.5 Å². The fourth-order valence-corrected chi connectivity index (χ4v) is 2.33. The molecule has 0 saturated heterocycles. The van der Waals surface area contributed by atoms with Gasteiger partial charge in [-0.3, -0.25) is 0 Å². The third-order valence-corrected chi connectivity index (χ3v) is 4.14. The van der Waals surface area contributed by atoms with Gasteiger partial charge in [0.15, 0.2) is 0 Å². The minimum Gasteiger partial charge on any atom is -0.333 e. The molecule has 1 aromatic heterocycles. The standard InChI is InChI=1S/C11H9BrN2S2/c12-9-6-13-10(14-11(9)15)7-16-8-4-2-1-3-5-8/h1-6H,7H2,(H,13,14,15). The number of rotatable bonds is 3. The zero-order chi connectivity index (χ0) is 11.4. The monoisotopic (exact) mass is 312 g/mol. The van der Waals surface area contributed by atoms with Crippen molar-refractivity contribution < 1.29 is 0 Å². The molecule has 0 unspecified atom stereocenters. The highest BCUT2D eigenvalue weighted by atomic mass is 79.9. The number of hydrogen-bond donors (Lipinski definition) is 1. The van der Waals surface area contributed by atoms with Crippen LogP contribution in [0.5, 0.6) is 0 Å². The van der Waals surface area contributed by atoms with Crippen LogP contribution in [0.15, 0.2) is 45.9 Å². The minimum absolute atomic E-state index is 0.693. The first-order valence-electron chi connectivity index (χ1n) is 4.67. The van der Waals surface area contributed by atoms with Crippen molar-refractivity contribution in [3.63, 3.8) is 0 Å². The van der Waals surface area contributed by atoms with E-state index in [2.05, 4.69) is 38.0 Å². The fraction of sp³-hybridized carbons (Fsp3) is 0.0909. The van der Waals surface area contributed by atoms with Crippen molar-refractivity contribution >= 4 is 39.9 Å². The normalized spacial score (nSPS) is 10.3. The van der Waals surface area contributed by atoms with Gasteiger partial charge in [-0.05, 0) is 28.1 Å². The van der Waals surface area contributed by atoms with Crippen LogP contribution >= 0.6 is 39.9 Å². The summed E-state index contributed by atoms with van der Waals surface area (Å²) in [5.41, 5.74) is 0. The number of nitrogens with one attached hydrogen (secondary N) is 1. The lowest BCUT2D eigenvalue weighted by Crippen LogP contribution is -1.92. The lowest BCUT2D eigenvalue weighted by molar-refractivity contribution is 1.01. The molecule has 0 fully saturated rings. The van der Waals surface area contributed by atoms with Crippen molar-refractivity contribution in [2.75, 3.05) is 0 Å². The van der Waals surface area contributed by atoms with Crippen molar-refractivity contribution in [3.8, 4) is 0 Å². The number of aromatic nitrogens is 2. The fourth-order valence-electron chi connectivity index (χ4n) is 1.16. The van der Waals surface area contributed by atoms with E-state index < -0.39 is 0 Å². The quantitative estimate of drug-likeness (QED) is 0.680. The largest absolute Gasteiger partial charge is 0.333 e. The highest BCUT2D eigenvalue weighted by molar-refractivity contribution is 9.10. The molecule has 0 saturated carbocycles. The Bertz CT molecular complexity index is 525. The number of aromatic amines is 1. The van der Waals surface area contributed by atoms with Crippen LogP contribution in [0.2, 0.25) is 0 Å². The Hall–Kier alpha value is -0.650. The van der Waals surface area contributed by atoms with E-state index >= 15 is 0 Å². The Morgan fingerprint density at radius 1 is 1.31 bits per heavy atom. The predicted octanol–water partition coefficient (Wildman–Crippen LogP) is 4.19. The van der Waals surface area contributed by atoms with E-state index in [1.54, 1.807) is 18.0 Å². The summed E-state index contributed by atoms with van der Waals surface area (Å²) in [6, 6.07) is 10.2. The molecule has 0 spiro atoms. The van der Waals surface area contributed by atoms with Gasteiger partial charge in [-0.15, -0.1) is 11.8 Å². The number of halogens is 1. The van der Waals surface area contributed by atoms with E-state index in [4.69, 9.17) is 12.2 Å². The summed E-state index contributed by atoms with van der Waals surface area (Å²) < 4.78 is 1.52. The van der Waals surface area contributed by atoms with Crippen molar-refractivity contribution in [2.24, 2.45) is 0 Å². The van der Waals surface area contributed by atoms with Gasteiger partial charge < -0.3 is 4.98 Å². The molecule has 0 aliphatic carbocycles. The Kier molecular flexibility index (Phi) is 4.15. The number of H-pyrrole nitrogens is 1. The molecule has 0 radical (unpaired) electrons. The Morgan fingerprint density at radius 2 is 2.06 bits per heavy atom. The number of hydrogen-bond acceptors (Lipinski definition) is 3. The maximum atomic E-state index is 5.12. The maximum Gasteiger partial charge on any atom is 0.120 e. The molecule has 2 aromatic rings. The summed E-state index contributed by atoms with van der Waals surface area (Å²) >= 11 is 10.2. The van der Waals surface area contributed by atoms with Crippen molar-refractivity contribution in [1.82, 2.24) is 9.97 Å². The Morgan fingerprint density at radius 3 is 2.75 bits per heavy atom. The van der Waals surface area contributed by atoms with E-state index in [1.165, 1.54) is 4.90 Å². The third-order valence-electron chi connectivity index (χ3n) is 1.93. The van der Waals surface area contributed by atoms with E-state index in [9.17, 15) is 0 Å². The van der Waals surface area contributed by atoms with Crippen LogP contribution in [0.1, 0.15) is 5.82 Å². The highest BCUT2D eigenvalue weighted by Crippen LogP contribution is 2.20. The van der Waals surface area contributed by atoms with Crippen LogP contribution in [0.3, 0.4) is 0 Å². The third kappa shape index (κ3) is 3.17. The molecule has 0 atom stereocenters. The minimum atomic E-state index is 0.693. The van der Waals surface area contributed by atoms with Crippen LogP contribution < -0.4 is 0 Å². The van der Waals surface area contributed by atoms with Gasteiger partial charge in [0.2, 0.25) is 0 Å². The highest BCUT2D eigenvalue weighted by Gasteiger charge is 1.98. The molecular weight excluding hydrogens is 304 g/mol. The molecule has 0 aliphatic heterocycles. The lowest BCUT2D eigenvalue weighted by Gasteiger charge is -2.01. The zero-order valence-electron chi connectivity index (χ0n) is 8.31. The number of benzene rings is 1. The van der Waals surface area contributed by atoms with Gasteiger partial charge in [0.25, 0.3) is 0 Å². The van der Waals surface area contributed by atoms with Gasteiger partial charge in [0.05, 0.1) is 10.2 Å². The summed E-state index contributed by atoms with van der Waals surface area (Å²) in [6.45, 7) is 0. The molecule has 1 aromatic carbocycles. The second-order valence-corrected chi connectivity index (χ2v) is 5.42. The first kappa shape index (κ1) is 11.8. The molecule has 2 rings (SSSR count). The van der Waals surface area contributed by atoms with Gasteiger partial charge >= 0.3 is 0 Å². The molecule has 0 aliphatic rings. The Labute approximate surface area is 112 Å². The molecule has 1 N–H and O–H groups in total. The smallest absolute Gasteiger partial charge is 0.120 e. The van der Waals surface area contributed by atoms with Crippen molar-refractivity contribution in [1.29, 1.82) is 0 Å². The summed E-state index contributed by atoms with van der Waals surface area (Å²) in [5, 5.41) is 0. The molecule has 5 heteroatoms. The van der Waals surface area contributed by atoms with Gasteiger partial charge in [0.1, 0.15) is 10.5 Å². The molecule has 2 nitrogen and oxygen atoms in total. The van der Waals surface area contributed by atoms with Crippen molar-refractivity contribution in [2.45, 2.75) is 10.6 Å². The second kappa shape index (κ2) is 5.61. The average Bonchev–Trinajstić information content (AvgIpc) is 2.32. The van der Waals surface area contributed by atoms with Gasteiger partial charge in [-0.1, -0.05) is 30.4 Å². The first-order valence-corrected chi connectivity index (χ1v) is 6.86. The number of nitrogens with zero attached hydrogens (tertiary/aromatic N) is 1.